The van der Waals surface area contributed by atoms with E-state index in [0.29, 0.717) is 0 Å². The largest absolute Gasteiger partial charge is 0.490 e. The molecule has 1 aromatic rings. The molecule has 0 aliphatic carbocycles. The fraction of sp³-hybridized carbons (Fsp3) is 0.417. The minimum atomic E-state index is -0.830. The lowest BCUT2D eigenvalue weighted by Gasteiger charge is -2.13. The van der Waals surface area contributed by atoms with E-state index in [9.17, 15) is 4.79 Å². The number of hydrogen-bond donors (Lipinski definition) is 1. The van der Waals surface area contributed by atoms with Crippen LogP contribution in [0.2, 0.25) is 0 Å². The topological polar surface area (TPSA) is 46.5 Å². The van der Waals surface area contributed by atoms with Crippen molar-refractivity contribution in [1.82, 2.24) is 0 Å². The number of aliphatic carboxylic acids is 1. The molecule has 0 fully saturated rings. The molecular formula is C12H13BrO3. The third kappa shape index (κ3) is 1.94. The van der Waals surface area contributed by atoms with E-state index in [1.165, 1.54) is 0 Å². The van der Waals surface area contributed by atoms with Gasteiger partial charge in [0.15, 0.2) is 0 Å². The Labute approximate surface area is 103 Å². The third-order valence-electron chi connectivity index (χ3n) is 2.82. The summed E-state index contributed by atoms with van der Waals surface area (Å²) in [4.78, 5) is 11.0. The van der Waals surface area contributed by atoms with E-state index in [0.717, 1.165) is 27.8 Å². The average Bonchev–Trinajstić information content (AvgIpc) is 2.55. The highest BCUT2D eigenvalue weighted by atomic mass is 79.9. The number of carboxylic acid groups (broad SMARTS) is 1. The van der Waals surface area contributed by atoms with Crippen molar-refractivity contribution >= 4 is 21.9 Å². The molecule has 1 aliphatic heterocycles. The Balaban J connectivity index is 2.50. The highest BCUT2D eigenvalue weighted by Gasteiger charge is 2.27. The molecule has 0 aromatic heterocycles. The van der Waals surface area contributed by atoms with E-state index < -0.39 is 11.9 Å². The van der Waals surface area contributed by atoms with Gasteiger partial charge in [-0.3, -0.25) is 4.79 Å². The SMILES string of the molecule is CC1Cc2cc(Br)cc(C(C)C(=O)O)c2O1. The smallest absolute Gasteiger partial charge is 0.310 e. The summed E-state index contributed by atoms with van der Waals surface area (Å²) in [6, 6.07) is 3.83. The molecule has 1 aromatic carbocycles. The van der Waals surface area contributed by atoms with E-state index >= 15 is 0 Å². The summed E-state index contributed by atoms with van der Waals surface area (Å²) in [5.41, 5.74) is 1.84. The Kier molecular flexibility index (Phi) is 2.93. The fourth-order valence-corrected chi connectivity index (χ4v) is 2.50. The normalized spacial score (nSPS) is 20.1. The standard InChI is InChI=1S/C12H13BrO3/c1-6-3-8-4-9(13)5-10(11(8)16-6)7(2)12(14)15/h4-7H,3H2,1-2H3,(H,14,15). The van der Waals surface area contributed by atoms with Crippen LogP contribution in [0.5, 0.6) is 5.75 Å². The van der Waals surface area contributed by atoms with E-state index in [4.69, 9.17) is 9.84 Å². The number of fused-ring (bicyclic) bond motifs is 1. The highest BCUT2D eigenvalue weighted by molar-refractivity contribution is 9.10. The van der Waals surface area contributed by atoms with Gasteiger partial charge < -0.3 is 9.84 Å². The molecule has 0 bridgehead atoms. The highest BCUT2D eigenvalue weighted by Crippen LogP contribution is 2.39. The fourth-order valence-electron chi connectivity index (χ4n) is 1.98. The summed E-state index contributed by atoms with van der Waals surface area (Å²) in [6.07, 6.45) is 0.970. The van der Waals surface area contributed by atoms with Crippen LogP contribution < -0.4 is 4.74 Å². The summed E-state index contributed by atoms with van der Waals surface area (Å²) in [5.74, 6) is -0.620. The van der Waals surface area contributed by atoms with Gasteiger partial charge in [-0.1, -0.05) is 15.9 Å². The predicted octanol–water partition coefficient (Wildman–Crippen LogP) is 2.96. The molecule has 86 valence electrons. The number of carboxylic acids is 1. The Bertz CT molecular complexity index is 442. The zero-order chi connectivity index (χ0) is 11.9. The molecule has 4 heteroatoms. The van der Waals surface area contributed by atoms with Crippen molar-refractivity contribution < 1.29 is 14.6 Å². The molecule has 1 heterocycles. The molecule has 16 heavy (non-hydrogen) atoms. The summed E-state index contributed by atoms with van der Waals surface area (Å²) >= 11 is 3.40. The first kappa shape index (κ1) is 11.5. The predicted molar refractivity (Wildman–Crippen MR) is 64.0 cm³/mol. The van der Waals surface area contributed by atoms with Crippen LogP contribution in [0.3, 0.4) is 0 Å². The van der Waals surface area contributed by atoms with Crippen molar-refractivity contribution in [3.63, 3.8) is 0 Å². The zero-order valence-corrected chi connectivity index (χ0v) is 10.7. The van der Waals surface area contributed by atoms with Gasteiger partial charge in [-0.05, 0) is 31.5 Å². The van der Waals surface area contributed by atoms with Gasteiger partial charge in [0.2, 0.25) is 0 Å². The molecule has 0 saturated carbocycles. The average molecular weight is 285 g/mol. The molecule has 1 aliphatic rings. The summed E-state index contributed by atoms with van der Waals surface area (Å²) in [6.45, 7) is 3.67. The first-order valence-corrected chi connectivity index (χ1v) is 6.00. The maximum absolute atomic E-state index is 11.0. The van der Waals surface area contributed by atoms with E-state index in [2.05, 4.69) is 15.9 Å². The molecule has 2 atom stereocenters. The second kappa shape index (κ2) is 4.09. The number of benzene rings is 1. The van der Waals surface area contributed by atoms with Crippen LogP contribution in [0.15, 0.2) is 16.6 Å². The lowest BCUT2D eigenvalue weighted by molar-refractivity contribution is -0.138. The molecule has 1 N–H and O–H groups in total. The van der Waals surface area contributed by atoms with Gasteiger partial charge in [0, 0.05) is 16.5 Å². The van der Waals surface area contributed by atoms with Crippen LogP contribution in [0, 0.1) is 0 Å². The van der Waals surface area contributed by atoms with Gasteiger partial charge in [-0.2, -0.15) is 0 Å². The summed E-state index contributed by atoms with van der Waals surface area (Å²) in [5, 5.41) is 9.05. The lowest BCUT2D eigenvalue weighted by Crippen LogP contribution is -2.10. The van der Waals surface area contributed by atoms with Crippen molar-refractivity contribution in [2.45, 2.75) is 32.3 Å². The second-order valence-electron chi connectivity index (χ2n) is 4.18. The van der Waals surface area contributed by atoms with Crippen LogP contribution in [-0.2, 0) is 11.2 Å². The number of rotatable bonds is 2. The minimum Gasteiger partial charge on any atom is -0.490 e. The number of carbonyl (C=O) groups is 1. The molecule has 0 spiro atoms. The van der Waals surface area contributed by atoms with Crippen molar-refractivity contribution in [3.8, 4) is 5.75 Å². The van der Waals surface area contributed by atoms with Gasteiger partial charge >= 0.3 is 5.97 Å². The quantitative estimate of drug-likeness (QED) is 0.908. The van der Waals surface area contributed by atoms with E-state index in [1.807, 2.05) is 19.1 Å². The first-order chi connectivity index (χ1) is 7.49. The summed E-state index contributed by atoms with van der Waals surface area (Å²) in [7, 11) is 0. The Morgan fingerprint density at radius 1 is 1.62 bits per heavy atom. The lowest BCUT2D eigenvalue weighted by atomic mass is 9.97. The molecular weight excluding hydrogens is 272 g/mol. The van der Waals surface area contributed by atoms with E-state index in [1.54, 1.807) is 6.92 Å². The molecule has 2 rings (SSSR count). The van der Waals surface area contributed by atoms with Crippen molar-refractivity contribution in [1.29, 1.82) is 0 Å². The second-order valence-corrected chi connectivity index (χ2v) is 5.09. The van der Waals surface area contributed by atoms with Crippen molar-refractivity contribution in [2.24, 2.45) is 0 Å². The van der Waals surface area contributed by atoms with Crippen molar-refractivity contribution in [2.75, 3.05) is 0 Å². The van der Waals surface area contributed by atoms with Crippen LogP contribution in [0.4, 0.5) is 0 Å². The van der Waals surface area contributed by atoms with Gasteiger partial charge in [0.05, 0.1) is 5.92 Å². The minimum absolute atomic E-state index is 0.129. The number of halogens is 1. The van der Waals surface area contributed by atoms with Crippen LogP contribution in [0.25, 0.3) is 0 Å². The van der Waals surface area contributed by atoms with Gasteiger partial charge in [0.1, 0.15) is 11.9 Å². The maximum Gasteiger partial charge on any atom is 0.310 e. The van der Waals surface area contributed by atoms with Crippen molar-refractivity contribution in [3.05, 3.63) is 27.7 Å². The van der Waals surface area contributed by atoms with Gasteiger partial charge in [0.25, 0.3) is 0 Å². The molecule has 2 unspecified atom stereocenters. The van der Waals surface area contributed by atoms with Gasteiger partial charge in [-0.15, -0.1) is 0 Å². The molecule has 0 amide bonds. The van der Waals surface area contributed by atoms with E-state index in [-0.39, 0.29) is 6.10 Å². The van der Waals surface area contributed by atoms with Crippen LogP contribution in [-0.4, -0.2) is 17.2 Å². The zero-order valence-electron chi connectivity index (χ0n) is 9.16. The van der Waals surface area contributed by atoms with Crippen LogP contribution >= 0.6 is 15.9 Å². The molecule has 0 radical (unpaired) electrons. The number of ether oxygens (including phenoxy) is 1. The summed E-state index contributed by atoms with van der Waals surface area (Å²) < 4.78 is 6.59. The van der Waals surface area contributed by atoms with Gasteiger partial charge in [-0.25, -0.2) is 0 Å². The Hall–Kier alpha value is -1.03. The number of hydrogen-bond acceptors (Lipinski definition) is 2. The molecule has 0 saturated heterocycles. The monoisotopic (exact) mass is 284 g/mol. The first-order valence-electron chi connectivity index (χ1n) is 5.21. The maximum atomic E-state index is 11.0. The Morgan fingerprint density at radius 3 is 2.94 bits per heavy atom. The van der Waals surface area contributed by atoms with Crippen LogP contribution in [0.1, 0.15) is 30.9 Å². The Morgan fingerprint density at radius 2 is 2.31 bits per heavy atom. The molecule has 3 nitrogen and oxygen atoms in total. The third-order valence-corrected chi connectivity index (χ3v) is 3.28.